The molecule has 0 aromatic heterocycles. The molecule has 4 rings (SSSR count). The molecule has 0 spiro atoms. The van der Waals surface area contributed by atoms with E-state index in [2.05, 4.69) is 32.1 Å². The van der Waals surface area contributed by atoms with E-state index >= 15 is 0 Å². The van der Waals surface area contributed by atoms with Crippen molar-refractivity contribution >= 4 is 11.6 Å². The number of ketones is 2. The number of hydrogen-bond acceptors (Lipinski definition) is 3. The molecule has 0 aliphatic heterocycles. The second kappa shape index (κ2) is 4.54. The maximum absolute atomic E-state index is 12.4. The van der Waals surface area contributed by atoms with E-state index in [0.29, 0.717) is 30.0 Å². The van der Waals surface area contributed by atoms with Gasteiger partial charge >= 0.3 is 0 Å². The van der Waals surface area contributed by atoms with Gasteiger partial charge in [0.05, 0.1) is 5.57 Å². The molecule has 0 radical (unpaired) electrons. The van der Waals surface area contributed by atoms with Gasteiger partial charge in [-0.15, -0.1) is 0 Å². The van der Waals surface area contributed by atoms with Crippen LogP contribution in [0.5, 0.6) is 0 Å². The summed E-state index contributed by atoms with van der Waals surface area (Å²) in [5.41, 5.74) is 0.859. The highest BCUT2D eigenvalue weighted by Crippen LogP contribution is 2.61. The van der Waals surface area contributed by atoms with Gasteiger partial charge in [-0.1, -0.05) is 32.1 Å². The average Bonchev–Trinajstić information content (AvgIpc) is 2.83. The van der Waals surface area contributed by atoms with Crippen LogP contribution in [0, 0.1) is 39.9 Å². The van der Waals surface area contributed by atoms with Crippen molar-refractivity contribution in [2.75, 3.05) is 0 Å². The predicted octanol–water partition coefficient (Wildman–Crippen LogP) is 3.53. The summed E-state index contributed by atoms with van der Waals surface area (Å²) in [6.07, 6.45) is 11.4. The number of nitrogens with zero attached hydrogens (tertiary/aromatic N) is 1. The first-order chi connectivity index (χ1) is 10.9. The molecular weight excluding hydrogens is 286 g/mol. The molecule has 118 valence electrons. The number of hydrogen-bond donors (Lipinski definition) is 0. The molecule has 0 unspecified atom stereocenters. The molecular formula is C20H21NO2. The predicted molar refractivity (Wildman–Crippen MR) is 86.1 cm³/mol. The minimum Gasteiger partial charge on any atom is -0.299 e. The molecule has 2 fully saturated rings. The van der Waals surface area contributed by atoms with Gasteiger partial charge in [-0.05, 0) is 48.7 Å². The lowest BCUT2D eigenvalue weighted by atomic mass is 9.50. The van der Waals surface area contributed by atoms with Crippen LogP contribution in [0.15, 0.2) is 35.5 Å². The smallest absolute Gasteiger partial charge is 0.196 e. The van der Waals surface area contributed by atoms with Crippen molar-refractivity contribution in [3.05, 3.63) is 35.5 Å². The van der Waals surface area contributed by atoms with Crippen LogP contribution in [0.25, 0.3) is 0 Å². The van der Waals surface area contributed by atoms with E-state index in [1.807, 2.05) is 6.08 Å². The second-order valence-corrected chi connectivity index (χ2v) is 7.98. The molecule has 4 aliphatic rings. The van der Waals surface area contributed by atoms with Gasteiger partial charge < -0.3 is 0 Å². The van der Waals surface area contributed by atoms with Crippen LogP contribution in [-0.4, -0.2) is 11.6 Å². The van der Waals surface area contributed by atoms with E-state index in [9.17, 15) is 14.9 Å². The SMILES string of the molecule is C[C@]12C=C(C#N)C(=O)C=C1C=C[C@@H]1[C@@H]2CC[C@]2(C)C(=O)CC[C@@H]12. The Labute approximate surface area is 136 Å². The molecule has 0 aromatic rings. The quantitative estimate of drug-likeness (QED) is 0.688. The standard InChI is InChI=1S/C20H21NO2/c1-19-8-7-16-14(15(19)5-6-18(19)23)4-3-13-9-17(22)12(11-21)10-20(13,16)2/h3-4,9-10,14-16H,5-8H2,1-2H3/t14-,15-,16-,19-,20-/m0/s1. The Bertz CT molecular complexity index is 750. The van der Waals surface area contributed by atoms with Crippen LogP contribution < -0.4 is 0 Å². The summed E-state index contributed by atoms with van der Waals surface area (Å²) in [6, 6.07) is 2.06. The Morgan fingerprint density at radius 3 is 2.74 bits per heavy atom. The van der Waals surface area contributed by atoms with E-state index in [1.165, 1.54) is 0 Å². The number of fused-ring (bicyclic) bond motifs is 5. The first-order valence-electron chi connectivity index (χ1n) is 8.51. The fourth-order valence-corrected chi connectivity index (χ4v) is 5.62. The van der Waals surface area contributed by atoms with Gasteiger partial charge in [-0.2, -0.15) is 5.26 Å². The minimum absolute atomic E-state index is 0.171. The third-order valence-corrected chi connectivity index (χ3v) is 7.05. The Morgan fingerprint density at radius 1 is 1.22 bits per heavy atom. The highest BCUT2D eigenvalue weighted by atomic mass is 16.1. The zero-order valence-electron chi connectivity index (χ0n) is 13.6. The number of nitriles is 1. The summed E-state index contributed by atoms with van der Waals surface area (Å²) in [5.74, 6) is 1.39. The van der Waals surface area contributed by atoms with Crippen LogP contribution in [0.3, 0.4) is 0 Å². The van der Waals surface area contributed by atoms with Gasteiger partial charge in [0.1, 0.15) is 11.9 Å². The van der Waals surface area contributed by atoms with E-state index in [0.717, 1.165) is 24.8 Å². The molecule has 0 amide bonds. The van der Waals surface area contributed by atoms with Crippen molar-refractivity contribution in [1.29, 1.82) is 5.26 Å². The lowest BCUT2D eigenvalue weighted by Crippen LogP contribution is -2.48. The van der Waals surface area contributed by atoms with Crippen molar-refractivity contribution in [3.8, 4) is 6.07 Å². The summed E-state index contributed by atoms with van der Waals surface area (Å²) in [7, 11) is 0. The molecule has 0 N–H and O–H groups in total. The molecule has 0 aromatic carbocycles. The molecule has 4 aliphatic carbocycles. The molecule has 0 heterocycles. The minimum atomic E-state index is -0.259. The summed E-state index contributed by atoms with van der Waals surface area (Å²) in [5, 5.41) is 9.26. The number of Topliss-reactive ketones (excluding diaryl/α,β-unsaturated/α-hetero) is 1. The number of allylic oxidation sites excluding steroid dienone is 6. The van der Waals surface area contributed by atoms with Crippen LogP contribution >= 0.6 is 0 Å². The first kappa shape index (κ1) is 14.6. The zero-order chi connectivity index (χ0) is 16.4. The summed E-state index contributed by atoms with van der Waals surface area (Å²) < 4.78 is 0. The van der Waals surface area contributed by atoms with Gasteiger partial charge in [-0.3, -0.25) is 9.59 Å². The summed E-state index contributed by atoms with van der Waals surface area (Å²) >= 11 is 0. The van der Waals surface area contributed by atoms with Crippen molar-refractivity contribution < 1.29 is 9.59 Å². The molecule has 3 nitrogen and oxygen atoms in total. The van der Waals surface area contributed by atoms with E-state index in [4.69, 9.17) is 0 Å². The molecule has 3 heteroatoms. The van der Waals surface area contributed by atoms with Gasteiger partial charge in [0.2, 0.25) is 0 Å². The number of rotatable bonds is 0. The third kappa shape index (κ3) is 1.75. The molecule has 0 saturated heterocycles. The maximum atomic E-state index is 12.4. The fourth-order valence-electron chi connectivity index (χ4n) is 5.62. The monoisotopic (exact) mass is 307 g/mol. The normalized spacial score (nSPS) is 44.7. The topological polar surface area (TPSA) is 57.9 Å². The highest BCUT2D eigenvalue weighted by molar-refractivity contribution is 6.09. The second-order valence-electron chi connectivity index (χ2n) is 7.98. The first-order valence-corrected chi connectivity index (χ1v) is 8.51. The lowest BCUT2D eigenvalue weighted by molar-refractivity contribution is -0.130. The van der Waals surface area contributed by atoms with Gasteiger partial charge in [0, 0.05) is 17.3 Å². The average molecular weight is 307 g/mol. The van der Waals surface area contributed by atoms with Crippen LogP contribution in [0.1, 0.15) is 39.5 Å². The molecule has 5 atom stereocenters. The van der Waals surface area contributed by atoms with Gasteiger partial charge in [0.25, 0.3) is 0 Å². The largest absolute Gasteiger partial charge is 0.299 e. The fraction of sp³-hybridized carbons (Fsp3) is 0.550. The van der Waals surface area contributed by atoms with E-state index in [1.54, 1.807) is 6.08 Å². The van der Waals surface area contributed by atoms with Crippen LogP contribution in [0.2, 0.25) is 0 Å². The van der Waals surface area contributed by atoms with Crippen LogP contribution in [0.4, 0.5) is 0 Å². The van der Waals surface area contributed by atoms with E-state index in [-0.39, 0.29) is 22.2 Å². The van der Waals surface area contributed by atoms with Crippen molar-refractivity contribution in [3.63, 3.8) is 0 Å². The van der Waals surface area contributed by atoms with Gasteiger partial charge in [-0.25, -0.2) is 0 Å². The highest BCUT2D eigenvalue weighted by Gasteiger charge is 2.57. The number of carbonyl (C=O) groups is 2. The lowest BCUT2D eigenvalue weighted by Gasteiger charge is -2.53. The Kier molecular flexibility index (Phi) is 2.89. The van der Waals surface area contributed by atoms with Gasteiger partial charge in [0.15, 0.2) is 5.78 Å². The maximum Gasteiger partial charge on any atom is 0.196 e. The molecule has 0 bridgehead atoms. The van der Waals surface area contributed by atoms with E-state index < -0.39 is 0 Å². The summed E-state index contributed by atoms with van der Waals surface area (Å²) in [4.78, 5) is 24.4. The van der Waals surface area contributed by atoms with Crippen molar-refractivity contribution in [2.45, 2.75) is 39.5 Å². The molecule has 23 heavy (non-hydrogen) atoms. The Morgan fingerprint density at radius 2 is 2.00 bits per heavy atom. The molecule has 2 saturated carbocycles. The third-order valence-electron chi connectivity index (χ3n) is 7.05. The Hall–Kier alpha value is -1.95. The van der Waals surface area contributed by atoms with Crippen LogP contribution in [-0.2, 0) is 9.59 Å². The van der Waals surface area contributed by atoms with Crippen molar-refractivity contribution in [2.24, 2.45) is 28.6 Å². The van der Waals surface area contributed by atoms with Crippen molar-refractivity contribution in [1.82, 2.24) is 0 Å². The zero-order valence-corrected chi connectivity index (χ0v) is 13.6. The Balaban J connectivity index is 1.81. The summed E-state index contributed by atoms with van der Waals surface area (Å²) in [6.45, 7) is 4.30. The number of carbonyl (C=O) groups excluding carboxylic acids is 2.